The molecule has 0 unspecified atom stereocenters. The van der Waals surface area contributed by atoms with Crippen molar-refractivity contribution in [1.82, 2.24) is 4.57 Å². The summed E-state index contributed by atoms with van der Waals surface area (Å²) in [4.78, 5) is 0. The molecule has 3 aromatic rings. The van der Waals surface area contributed by atoms with E-state index >= 15 is 0 Å². The molecule has 0 fully saturated rings. The van der Waals surface area contributed by atoms with Crippen molar-refractivity contribution >= 4 is 32.5 Å². The first-order chi connectivity index (χ1) is 10.1. The van der Waals surface area contributed by atoms with Gasteiger partial charge in [-0.15, -0.1) is 0 Å². The van der Waals surface area contributed by atoms with Crippen molar-refractivity contribution in [3.63, 3.8) is 0 Å². The second-order valence-corrected chi connectivity index (χ2v) is 5.98. The highest BCUT2D eigenvalue weighted by atomic mass is 79.9. The summed E-state index contributed by atoms with van der Waals surface area (Å²) in [6.07, 6.45) is 0. The maximum atomic E-state index is 13.3. The quantitative estimate of drug-likeness (QED) is 0.706. The van der Waals surface area contributed by atoms with Crippen LogP contribution in [0.1, 0.15) is 11.3 Å². The van der Waals surface area contributed by atoms with Crippen LogP contribution in [-0.4, -0.2) is 4.57 Å². The van der Waals surface area contributed by atoms with E-state index in [-0.39, 0.29) is 5.82 Å². The van der Waals surface area contributed by atoms with E-state index in [1.165, 1.54) is 28.2 Å². The Labute approximate surface area is 131 Å². The fraction of sp³-hybridized carbons (Fsp3) is 0.176. The molecule has 108 valence electrons. The van der Waals surface area contributed by atoms with Crippen molar-refractivity contribution in [2.24, 2.45) is 7.05 Å². The Morgan fingerprint density at radius 3 is 2.67 bits per heavy atom. The summed E-state index contributed by atoms with van der Waals surface area (Å²) in [6, 6.07) is 13.3. The van der Waals surface area contributed by atoms with E-state index in [2.05, 4.69) is 64.1 Å². The Balaban J connectivity index is 1.90. The van der Waals surface area contributed by atoms with Crippen molar-refractivity contribution in [2.75, 3.05) is 5.32 Å². The first kappa shape index (κ1) is 14.1. The van der Waals surface area contributed by atoms with Crippen LogP contribution in [0.5, 0.6) is 0 Å². The summed E-state index contributed by atoms with van der Waals surface area (Å²) in [5.74, 6) is -0.249. The lowest BCUT2D eigenvalue weighted by atomic mass is 10.1. The van der Waals surface area contributed by atoms with Gasteiger partial charge in [-0.1, -0.05) is 18.2 Å². The first-order valence-corrected chi connectivity index (χ1v) is 7.59. The van der Waals surface area contributed by atoms with Gasteiger partial charge in [0, 0.05) is 29.3 Å². The SMILES string of the molecule is Cc1c(CNc2ccc(F)c(Br)c2)n(C)c2ccccc12. The molecule has 1 heterocycles. The van der Waals surface area contributed by atoms with Crippen LogP contribution in [0, 0.1) is 12.7 Å². The highest BCUT2D eigenvalue weighted by Gasteiger charge is 2.11. The molecule has 0 aliphatic carbocycles. The Kier molecular flexibility index (Phi) is 3.72. The van der Waals surface area contributed by atoms with Crippen molar-refractivity contribution in [1.29, 1.82) is 0 Å². The molecule has 1 N–H and O–H groups in total. The van der Waals surface area contributed by atoms with E-state index in [0.29, 0.717) is 11.0 Å². The van der Waals surface area contributed by atoms with E-state index in [1.54, 1.807) is 12.1 Å². The number of benzene rings is 2. The van der Waals surface area contributed by atoms with Gasteiger partial charge < -0.3 is 9.88 Å². The van der Waals surface area contributed by atoms with Crippen LogP contribution in [0.4, 0.5) is 10.1 Å². The monoisotopic (exact) mass is 346 g/mol. The number of nitrogens with zero attached hydrogens (tertiary/aromatic N) is 1. The van der Waals surface area contributed by atoms with Crippen molar-refractivity contribution in [3.8, 4) is 0 Å². The summed E-state index contributed by atoms with van der Waals surface area (Å²) in [7, 11) is 2.08. The zero-order valence-corrected chi connectivity index (χ0v) is 13.5. The third-order valence-corrected chi connectivity index (χ3v) is 4.49. The maximum absolute atomic E-state index is 13.3. The third kappa shape index (κ3) is 2.56. The van der Waals surface area contributed by atoms with Crippen LogP contribution in [-0.2, 0) is 13.6 Å². The molecule has 0 aliphatic rings. The van der Waals surface area contributed by atoms with Gasteiger partial charge in [-0.2, -0.15) is 0 Å². The van der Waals surface area contributed by atoms with Gasteiger partial charge in [0.1, 0.15) is 5.82 Å². The number of rotatable bonds is 3. The highest BCUT2D eigenvalue weighted by Crippen LogP contribution is 2.26. The molecule has 3 rings (SSSR count). The number of fused-ring (bicyclic) bond motifs is 1. The molecule has 1 aromatic heterocycles. The zero-order valence-electron chi connectivity index (χ0n) is 12.0. The molecule has 0 saturated carbocycles. The number of aryl methyl sites for hydroxylation is 2. The summed E-state index contributed by atoms with van der Waals surface area (Å²) >= 11 is 3.21. The Morgan fingerprint density at radius 1 is 1.19 bits per heavy atom. The smallest absolute Gasteiger partial charge is 0.137 e. The maximum Gasteiger partial charge on any atom is 0.137 e. The van der Waals surface area contributed by atoms with Crippen LogP contribution in [0.25, 0.3) is 10.9 Å². The van der Waals surface area contributed by atoms with Gasteiger partial charge in [0.2, 0.25) is 0 Å². The van der Waals surface area contributed by atoms with Gasteiger partial charge in [0.05, 0.1) is 11.0 Å². The lowest BCUT2D eigenvalue weighted by Crippen LogP contribution is -2.06. The van der Waals surface area contributed by atoms with E-state index in [9.17, 15) is 4.39 Å². The van der Waals surface area contributed by atoms with E-state index < -0.39 is 0 Å². The van der Waals surface area contributed by atoms with Crippen molar-refractivity contribution in [2.45, 2.75) is 13.5 Å². The summed E-state index contributed by atoms with van der Waals surface area (Å²) in [5, 5.41) is 4.63. The summed E-state index contributed by atoms with van der Waals surface area (Å²) in [5.41, 5.74) is 4.64. The van der Waals surface area contributed by atoms with Crippen LogP contribution in [0.15, 0.2) is 46.9 Å². The van der Waals surface area contributed by atoms with Gasteiger partial charge in [-0.25, -0.2) is 4.39 Å². The number of para-hydroxylation sites is 1. The summed E-state index contributed by atoms with van der Waals surface area (Å²) in [6.45, 7) is 2.84. The number of aromatic nitrogens is 1. The molecule has 2 aromatic carbocycles. The van der Waals surface area contributed by atoms with E-state index in [0.717, 1.165) is 5.69 Å². The minimum Gasteiger partial charge on any atom is -0.379 e. The van der Waals surface area contributed by atoms with Gasteiger partial charge in [0.15, 0.2) is 0 Å². The molecule has 0 radical (unpaired) electrons. The number of nitrogens with one attached hydrogen (secondary N) is 1. The lowest BCUT2D eigenvalue weighted by Gasteiger charge is -2.10. The predicted molar refractivity (Wildman–Crippen MR) is 89.1 cm³/mol. The molecule has 4 heteroatoms. The number of hydrogen-bond acceptors (Lipinski definition) is 1. The Bertz CT molecular complexity index is 769. The molecule has 21 heavy (non-hydrogen) atoms. The van der Waals surface area contributed by atoms with Crippen LogP contribution >= 0.6 is 15.9 Å². The molecule has 0 atom stereocenters. The molecule has 0 aliphatic heterocycles. The normalized spacial score (nSPS) is 11.0. The first-order valence-electron chi connectivity index (χ1n) is 6.79. The molecular weight excluding hydrogens is 331 g/mol. The molecular formula is C17H16BrFN2. The predicted octanol–water partition coefficient (Wildman–Crippen LogP) is 5.00. The lowest BCUT2D eigenvalue weighted by molar-refractivity contribution is 0.621. The zero-order chi connectivity index (χ0) is 15.0. The topological polar surface area (TPSA) is 17.0 Å². The average Bonchev–Trinajstić information content (AvgIpc) is 2.73. The van der Waals surface area contributed by atoms with Gasteiger partial charge >= 0.3 is 0 Å². The van der Waals surface area contributed by atoms with Crippen LogP contribution in [0.3, 0.4) is 0 Å². The number of halogens is 2. The number of hydrogen-bond donors (Lipinski definition) is 1. The fourth-order valence-electron chi connectivity index (χ4n) is 2.68. The number of anilines is 1. The van der Waals surface area contributed by atoms with Crippen molar-refractivity contribution < 1.29 is 4.39 Å². The minimum atomic E-state index is -0.249. The second-order valence-electron chi connectivity index (χ2n) is 5.13. The van der Waals surface area contributed by atoms with Gasteiger partial charge in [-0.3, -0.25) is 0 Å². The van der Waals surface area contributed by atoms with Gasteiger partial charge in [0.25, 0.3) is 0 Å². The Morgan fingerprint density at radius 2 is 1.95 bits per heavy atom. The highest BCUT2D eigenvalue weighted by molar-refractivity contribution is 9.10. The molecule has 0 bridgehead atoms. The summed E-state index contributed by atoms with van der Waals surface area (Å²) < 4.78 is 15.9. The van der Waals surface area contributed by atoms with Gasteiger partial charge in [-0.05, 0) is 52.7 Å². The minimum absolute atomic E-state index is 0.249. The largest absolute Gasteiger partial charge is 0.379 e. The molecule has 2 nitrogen and oxygen atoms in total. The average molecular weight is 347 g/mol. The van der Waals surface area contributed by atoms with E-state index in [4.69, 9.17) is 0 Å². The third-order valence-electron chi connectivity index (χ3n) is 3.89. The standard InChI is InChI=1S/C17H16BrFN2/c1-11-13-5-3-4-6-16(13)21(2)17(11)10-20-12-7-8-15(19)14(18)9-12/h3-9,20H,10H2,1-2H3. The van der Waals surface area contributed by atoms with Crippen LogP contribution in [0.2, 0.25) is 0 Å². The van der Waals surface area contributed by atoms with Crippen LogP contribution < -0.4 is 5.32 Å². The molecule has 0 spiro atoms. The van der Waals surface area contributed by atoms with Crippen molar-refractivity contribution in [3.05, 3.63) is 64.0 Å². The fourth-order valence-corrected chi connectivity index (χ4v) is 3.06. The Hall–Kier alpha value is -1.81. The molecule has 0 amide bonds. The molecule has 0 saturated heterocycles. The van der Waals surface area contributed by atoms with E-state index in [1.807, 2.05) is 0 Å². The second kappa shape index (κ2) is 5.53.